The molecule has 0 bridgehead atoms. The predicted octanol–water partition coefficient (Wildman–Crippen LogP) is 1.54. The first-order valence-electron chi connectivity index (χ1n) is 4.86. The van der Waals surface area contributed by atoms with E-state index in [1.54, 1.807) is 25.1 Å². The third kappa shape index (κ3) is 3.27. The number of carboxylic acids is 1. The largest absolute Gasteiger partial charge is 0.480 e. The summed E-state index contributed by atoms with van der Waals surface area (Å²) in [7, 11) is -3.77. The number of likely N-dealkylation sites (N-methyl/N-ethyl adjacent to an activating group) is 1. The maximum atomic E-state index is 12.2. The fourth-order valence-electron chi connectivity index (χ4n) is 1.31. The number of hydrogen-bond acceptors (Lipinski definition) is 3. The van der Waals surface area contributed by atoms with Gasteiger partial charge in [-0.1, -0.05) is 19.1 Å². The minimum absolute atomic E-state index is 0.0723. The molecule has 94 valence electrons. The lowest BCUT2D eigenvalue weighted by Gasteiger charge is -2.18. The van der Waals surface area contributed by atoms with Crippen LogP contribution >= 0.6 is 15.9 Å². The number of aliphatic carboxylic acids is 1. The fourth-order valence-corrected chi connectivity index (χ4v) is 3.67. The van der Waals surface area contributed by atoms with Gasteiger partial charge in [0, 0.05) is 11.0 Å². The van der Waals surface area contributed by atoms with Gasteiger partial charge in [-0.2, -0.15) is 4.31 Å². The Morgan fingerprint density at radius 3 is 2.47 bits per heavy atom. The summed E-state index contributed by atoms with van der Waals surface area (Å²) in [6, 6.07) is 6.31. The van der Waals surface area contributed by atoms with E-state index in [4.69, 9.17) is 5.11 Å². The minimum atomic E-state index is -3.77. The number of rotatable bonds is 5. The number of carbonyl (C=O) groups is 1. The van der Waals surface area contributed by atoms with Crippen LogP contribution < -0.4 is 0 Å². The van der Waals surface area contributed by atoms with E-state index in [0.29, 0.717) is 4.47 Å². The van der Waals surface area contributed by atoms with Crippen LogP contribution in [0.4, 0.5) is 0 Å². The van der Waals surface area contributed by atoms with Gasteiger partial charge in [-0.05, 0) is 28.1 Å². The van der Waals surface area contributed by atoms with Gasteiger partial charge in [-0.15, -0.1) is 0 Å². The van der Waals surface area contributed by atoms with Crippen LogP contribution in [0.25, 0.3) is 0 Å². The highest BCUT2D eigenvalue weighted by Crippen LogP contribution is 2.24. The zero-order chi connectivity index (χ0) is 13.1. The summed E-state index contributed by atoms with van der Waals surface area (Å²) in [4.78, 5) is 10.7. The molecule has 0 aliphatic rings. The normalized spacial score (nSPS) is 11.7. The Labute approximate surface area is 108 Å². The van der Waals surface area contributed by atoms with Crippen LogP contribution in [-0.4, -0.2) is 36.9 Å². The number of sulfonamides is 1. The van der Waals surface area contributed by atoms with Crippen molar-refractivity contribution in [3.63, 3.8) is 0 Å². The van der Waals surface area contributed by atoms with Gasteiger partial charge in [0.05, 0.1) is 4.90 Å². The van der Waals surface area contributed by atoms with Crippen molar-refractivity contribution >= 4 is 31.9 Å². The Kier molecular flexibility index (Phi) is 4.67. The van der Waals surface area contributed by atoms with Crippen molar-refractivity contribution in [3.05, 3.63) is 28.7 Å². The summed E-state index contributed by atoms with van der Waals surface area (Å²) in [5, 5.41) is 8.68. The number of carboxylic acid groups (broad SMARTS) is 1. The number of benzene rings is 1. The molecule has 0 aliphatic heterocycles. The van der Waals surface area contributed by atoms with Gasteiger partial charge in [0.1, 0.15) is 6.54 Å². The molecule has 0 aromatic heterocycles. The van der Waals surface area contributed by atoms with E-state index in [9.17, 15) is 13.2 Å². The summed E-state index contributed by atoms with van der Waals surface area (Å²) < 4.78 is 25.6. The smallest absolute Gasteiger partial charge is 0.318 e. The number of nitrogens with zero attached hydrogens (tertiary/aromatic N) is 1. The molecule has 0 saturated heterocycles. The molecule has 1 aromatic rings. The summed E-state index contributed by atoms with van der Waals surface area (Å²) in [6.07, 6.45) is 0. The molecule has 1 N–H and O–H groups in total. The van der Waals surface area contributed by atoms with Gasteiger partial charge in [0.25, 0.3) is 0 Å². The van der Waals surface area contributed by atoms with Crippen molar-refractivity contribution in [1.82, 2.24) is 4.31 Å². The Balaban J connectivity index is 3.18. The summed E-state index contributed by atoms with van der Waals surface area (Å²) in [5.41, 5.74) is 0. The highest BCUT2D eigenvalue weighted by Gasteiger charge is 2.26. The molecule has 0 spiro atoms. The molecule has 0 fully saturated rings. The zero-order valence-corrected chi connectivity index (χ0v) is 11.5. The monoisotopic (exact) mass is 321 g/mol. The van der Waals surface area contributed by atoms with Crippen molar-refractivity contribution in [2.24, 2.45) is 0 Å². The van der Waals surface area contributed by atoms with Crippen molar-refractivity contribution < 1.29 is 18.3 Å². The average molecular weight is 322 g/mol. The molecule has 0 radical (unpaired) electrons. The van der Waals surface area contributed by atoms with Crippen LogP contribution in [0.2, 0.25) is 0 Å². The first-order chi connectivity index (χ1) is 7.89. The summed E-state index contributed by atoms with van der Waals surface area (Å²) in [5.74, 6) is -1.18. The van der Waals surface area contributed by atoms with E-state index < -0.39 is 22.5 Å². The molecule has 0 amide bonds. The van der Waals surface area contributed by atoms with Gasteiger partial charge < -0.3 is 5.11 Å². The van der Waals surface area contributed by atoms with Crippen LogP contribution in [0, 0.1) is 0 Å². The lowest BCUT2D eigenvalue weighted by atomic mass is 10.4. The summed E-state index contributed by atoms with van der Waals surface area (Å²) in [6.45, 7) is 1.16. The van der Waals surface area contributed by atoms with Gasteiger partial charge in [0.2, 0.25) is 10.0 Å². The zero-order valence-electron chi connectivity index (χ0n) is 9.13. The Hall–Kier alpha value is -0.920. The molecular weight excluding hydrogens is 310 g/mol. The van der Waals surface area contributed by atoms with Crippen molar-refractivity contribution in [2.75, 3.05) is 13.1 Å². The Morgan fingerprint density at radius 2 is 2.00 bits per heavy atom. The van der Waals surface area contributed by atoms with Gasteiger partial charge in [0.15, 0.2) is 0 Å². The first kappa shape index (κ1) is 14.1. The Morgan fingerprint density at radius 1 is 1.41 bits per heavy atom. The lowest BCUT2D eigenvalue weighted by molar-refractivity contribution is -0.137. The minimum Gasteiger partial charge on any atom is -0.480 e. The van der Waals surface area contributed by atoms with E-state index in [2.05, 4.69) is 15.9 Å². The maximum absolute atomic E-state index is 12.2. The first-order valence-corrected chi connectivity index (χ1v) is 7.09. The molecule has 7 heteroatoms. The quantitative estimate of drug-likeness (QED) is 0.892. The highest BCUT2D eigenvalue weighted by molar-refractivity contribution is 9.10. The second kappa shape index (κ2) is 5.61. The van der Waals surface area contributed by atoms with E-state index in [1.165, 1.54) is 6.07 Å². The van der Waals surface area contributed by atoms with Crippen LogP contribution in [0.15, 0.2) is 33.6 Å². The Bertz CT molecular complexity index is 515. The molecular formula is C10H12BrNO4S. The molecule has 17 heavy (non-hydrogen) atoms. The van der Waals surface area contributed by atoms with Gasteiger partial charge in [-0.25, -0.2) is 8.42 Å². The molecule has 0 aliphatic carbocycles. The number of hydrogen-bond donors (Lipinski definition) is 1. The van der Waals surface area contributed by atoms with Crippen LogP contribution in [0.1, 0.15) is 6.92 Å². The summed E-state index contributed by atoms with van der Waals surface area (Å²) >= 11 is 3.14. The topological polar surface area (TPSA) is 74.7 Å². The molecule has 0 unspecified atom stereocenters. The van der Waals surface area contributed by atoms with Gasteiger partial charge >= 0.3 is 5.97 Å². The maximum Gasteiger partial charge on any atom is 0.318 e. The van der Waals surface area contributed by atoms with Crippen molar-refractivity contribution in [2.45, 2.75) is 11.8 Å². The lowest BCUT2D eigenvalue weighted by Crippen LogP contribution is -2.35. The third-order valence-corrected chi connectivity index (χ3v) is 5.05. The van der Waals surface area contributed by atoms with E-state index in [-0.39, 0.29) is 11.4 Å². The van der Waals surface area contributed by atoms with Crippen LogP contribution in [-0.2, 0) is 14.8 Å². The molecule has 0 saturated carbocycles. The van der Waals surface area contributed by atoms with E-state index in [1.807, 2.05) is 0 Å². The van der Waals surface area contributed by atoms with Crippen molar-refractivity contribution in [1.29, 1.82) is 0 Å². The van der Waals surface area contributed by atoms with Gasteiger partial charge in [-0.3, -0.25) is 4.79 Å². The highest BCUT2D eigenvalue weighted by atomic mass is 79.9. The van der Waals surface area contributed by atoms with Crippen molar-refractivity contribution in [3.8, 4) is 0 Å². The number of halogens is 1. The molecule has 1 aromatic carbocycles. The van der Waals surface area contributed by atoms with E-state index >= 15 is 0 Å². The van der Waals surface area contributed by atoms with Crippen LogP contribution in [0.5, 0.6) is 0 Å². The molecule has 5 nitrogen and oxygen atoms in total. The molecule has 0 atom stereocenters. The third-order valence-electron chi connectivity index (χ3n) is 2.12. The van der Waals surface area contributed by atoms with E-state index in [0.717, 1.165) is 4.31 Å². The van der Waals surface area contributed by atoms with Crippen LogP contribution in [0.3, 0.4) is 0 Å². The second-order valence-corrected chi connectivity index (χ2v) is 6.02. The standard InChI is InChI=1S/C10H12BrNO4S/c1-2-12(7-10(13)14)17(15,16)9-6-4-3-5-8(9)11/h3-6H,2,7H2,1H3,(H,13,14). The second-order valence-electron chi connectivity index (χ2n) is 3.26. The fraction of sp³-hybridized carbons (Fsp3) is 0.300. The molecule has 1 rings (SSSR count). The SMILES string of the molecule is CCN(CC(=O)O)S(=O)(=O)c1ccccc1Br. The molecule has 0 heterocycles. The average Bonchev–Trinajstić information content (AvgIpc) is 2.25. The predicted molar refractivity (Wildman–Crippen MR) is 66.2 cm³/mol.